The molecule has 0 unspecified atom stereocenters. The zero-order chi connectivity index (χ0) is 19.0. The molecule has 0 amide bonds. The van der Waals surface area contributed by atoms with Gasteiger partial charge in [0.2, 0.25) is 0 Å². The van der Waals surface area contributed by atoms with E-state index >= 15 is 0 Å². The first-order valence-electron chi connectivity index (χ1n) is 10.5. The minimum Gasteiger partial charge on any atom is -0.320 e. The monoisotopic (exact) mass is 346 g/mol. The summed E-state index contributed by atoms with van der Waals surface area (Å²) in [5.41, 5.74) is 3.33. The summed E-state index contributed by atoms with van der Waals surface area (Å²) in [5.74, 6) is 0. The SMILES string of the molecule is C1=CC2(CCNCC2)c2ccccc21.CC.CC.CCCCCNC. The number of fused-ring (bicyclic) bond motifs is 2. The number of rotatable bonds is 4. The number of benzene rings is 1. The molecule has 25 heavy (non-hydrogen) atoms. The lowest BCUT2D eigenvalue weighted by Gasteiger charge is -2.33. The molecule has 1 heterocycles. The molecule has 1 aliphatic heterocycles. The predicted molar refractivity (Wildman–Crippen MR) is 115 cm³/mol. The maximum absolute atomic E-state index is 3.43. The summed E-state index contributed by atoms with van der Waals surface area (Å²) in [6, 6.07) is 8.81. The second kappa shape index (κ2) is 15.2. The average molecular weight is 347 g/mol. The van der Waals surface area contributed by atoms with Crippen LogP contribution in [-0.2, 0) is 5.41 Å². The first kappa shape index (κ1) is 23.9. The minimum atomic E-state index is 0.363. The molecule has 0 radical (unpaired) electrons. The van der Waals surface area contributed by atoms with Crippen LogP contribution < -0.4 is 10.6 Å². The number of hydrogen-bond donors (Lipinski definition) is 2. The lowest BCUT2D eigenvalue weighted by molar-refractivity contribution is 0.378. The third-order valence-corrected chi connectivity index (χ3v) is 4.61. The Morgan fingerprint density at radius 1 is 1.00 bits per heavy atom. The zero-order valence-corrected chi connectivity index (χ0v) is 17.6. The Kier molecular flexibility index (Phi) is 14.5. The Hall–Kier alpha value is -1.12. The third-order valence-electron chi connectivity index (χ3n) is 4.61. The second-order valence-electron chi connectivity index (χ2n) is 6.14. The van der Waals surface area contributed by atoms with Crippen molar-refractivity contribution in [3.05, 3.63) is 41.5 Å². The van der Waals surface area contributed by atoms with Crippen molar-refractivity contribution in [3.63, 3.8) is 0 Å². The predicted octanol–water partition coefficient (Wildman–Crippen LogP) is 5.78. The smallest absolute Gasteiger partial charge is 0.0165 e. The van der Waals surface area contributed by atoms with Gasteiger partial charge in [0.25, 0.3) is 0 Å². The van der Waals surface area contributed by atoms with Crippen molar-refractivity contribution in [2.45, 2.75) is 72.1 Å². The van der Waals surface area contributed by atoms with Crippen molar-refractivity contribution < 1.29 is 0 Å². The summed E-state index contributed by atoms with van der Waals surface area (Å²) in [6.45, 7) is 13.7. The van der Waals surface area contributed by atoms with E-state index in [4.69, 9.17) is 0 Å². The largest absolute Gasteiger partial charge is 0.320 e. The highest BCUT2D eigenvalue weighted by Crippen LogP contribution is 2.42. The maximum atomic E-state index is 3.43. The summed E-state index contributed by atoms with van der Waals surface area (Å²) >= 11 is 0. The van der Waals surface area contributed by atoms with E-state index in [1.807, 2.05) is 34.7 Å². The molecule has 1 aromatic carbocycles. The molecule has 3 rings (SSSR count). The van der Waals surface area contributed by atoms with Crippen LogP contribution >= 0.6 is 0 Å². The molecule has 1 aromatic rings. The molecular weight excluding hydrogens is 304 g/mol. The Morgan fingerprint density at radius 2 is 1.64 bits per heavy atom. The molecular formula is C23H42N2. The first-order chi connectivity index (χ1) is 12.3. The van der Waals surface area contributed by atoms with Crippen LogP contribution in [0.1, 0.15) is 77.8 Å². The average Bonchev–Trinajstić information content (AvgIpc) is 3.05. The van der Waals surface area contributed by atoms with Gasteiger partial charge in [0.1, 0.15) is 0 Å². The van der Waals surface area contributed by atoms with Crippen LogP contribution in [0.3, 0.4) is 0 Å². The van der Waals surface area contributed by atoms with Gasteiger partial charge < -0.3 is 10.6 Å². The van der Waals surface area contributed by atoms with Crippen molar-refractivity contribution in [3.8, 4) is 0 Å². The van der Waals surface area contributed by atoms with E-state index in [-0.39, 0.29) is 0 Å². The molecule has 2 aliphatic rings. The summed E-state index contributed by atoms with van der Waals surface area (Å²) in [7, 11) is 2.00. The van der Waals surface area contributed by atoms with E-state index in [1.165, 1.54) is 44.2 Å². The minimum absolute atomic E-state index is 0.363. The van der Waals surface area contributed by atoms with Crippen LogP contribution in [0.15, 0.2) is 30.3 Å². The molecule has 144 valence electrons. The molecule has 2 heteroatoms. The molecule has 0 aromatic heterocycles. The van der Waals surface area contributed by atoms with Crippen LogP contribution in [0, 0.1) is 0 Å². The van der Waals surface area contributed by atoms with Crippen molar-refractivity contribution >= 4 is 6.08 Å². The highest BCUT2D eigenvalue weighted by atomic mass is 14.9. The summed E-state index contributed by atoms with van der Waals surface area (Å²) in [5, 5.41) is 6.54. The van der Waals surface area contributed by atoms with Gasteiger partial charge in [-0.3, -0.25) is 0 Å². The Labute approximate surface area is 157 Å². The number of nitrogens with one attached hydrogen (secondary N) is 2. The van der Waals surface area contributed by atoms with E-state index in [2.05, 4.69) is 54.0 Å². The van der Waals surface area contributed by atoms with Gasteiger partial charge in [0.05, 0.1) is 0 Å². The van der Waals surface area contributed by atoms with Gasteiger partial charge in [-0.15, -0.1) is 0 Å². The molecule has 0 atom stereocenters. The standard InChI is InChI=1S/C13H15N.C6H15N.2C2H6/c1-2-4-12-11(3-1)5-6-13(12)7-9-14-10-8-13;1-3-4-5-6-7-2;2*1-2/h1-6,14H,7-10H2;7H,3-6H2,1-2H3;2*1-2H3. The molecule has 1 fully saturated rings. The quantitative estimate of drug-likeness (QED) is 0.675. The van der Waals surface area contributed by atoms with Crippen molar-refractivity contribution in [2.24, 2.45) is 0 Å². The van der Waals surface area contributed by atoms with Gasteiger partial charge in [-0.1, -0.05) is 83.9 Å². The first-order valence-corrected chi connectivity index (χ1v) is 10.5. The van der Waals surface area contributed by atoms with E-state index in [1.54, 1.807) is 5.56 Å². The van der Waals surface area contributed by atoms with Crippen LogP contribution in [0.2, 0.25) is 0 Å². The molecule has 0 bridgehead atoms. The summed E-state index contributed by atoms with van der Waals surface area (Å²) in [4.78, 5) is 0. The van der Waals surface area contributed by atoms with Crippen molar-refractivity contribution in [1.82, 2.24) is 10.6 Å². The number of piperidine rings is 1. The molecule has 1 aliphatic carbocycles. The van der Waals surface area contributed by atoms with Crippen LogP contribution in [-0.4, -0.2) is 26.7 Å². The zero-order valence-electron chi connectivity index (χ0n) is 17.6. The molecule has 2 nitrogen and oxygen atoms in total. The topological polar surface area (TPSA) is 24.1 Å². The Bertz CT molecular complexity index is 441. The maximum Gasteiger partial charge on any atom is 0.0165 e. The molecule has 0 saturated carbocycles. The number of unbranched alkanes of at least 4 members (excludes halogenated alkanes) is 2. The fraction of sp³-hybridized carbons (Fsp3) is 0.652. The fourth-order valence-corrected chi connectivity index (χ4v) is 3.30. The normalized spacial score (nSPS) is 15.8. The number of hydrogen-bond acceptors (Lipinski definition) is 2. The highest BCUT2D eigenvalue weighted by Gasteiger charge is 2.35. The second-order valence-corrected chi connectivity index (χ2v) is 6.14. The fourth-order valence-electron chi connectivity index (χ4n) is 3.30. The van der Waals surface area contributed by atoms with E-state index in [0.717, 1.165) is 13.1 Å². The summed E-state index contributed by atoms with van der Waals surface area (Å²) in [6.07, 6.45) is 11.2. The lowest BCUT2D eigenvalue weighted by atomic mass is 9.75. The molecule has 1 spiro atoms. The Balaban J connectivity index is 0.000000450. The number of allylic oxidation sites excluding steroid dienone is 1. The molecule has 1 saturated heterocycles. The van der Waals surface area contributed by atoms with E-state index < -0.39 is 0 Å². The van der Waals surface area contributed by atoms with Crippen molar-refractivity contribution in [1.29, 1.82) is 0 Å². The lowest BCUT2D eigenvalue weighted by Crippen LogP contribution is -2.37. The van der Waals surface area contributed by atoms with Gasteiger partial charge in [0.15, 0.2) is 0 Å². The van der Waals surface area contributed by atoms with Crippen molar-refractivity contribution in [2.75, 3.05) is 26.7 Å². The van der Waals surface area contributed by atoms with Gasteiger partial charge in [0, 0.05) is 5.41 Å². The summed E-state index contributed by atoms with van der Waals surface area (Å²) < 4.78 is 0. The Morgan fingerprint density at radius 3 is 2.24 bits per heavy atom. The van der Waals surface area contributed by atoms with Gasteiger partial charge in [-0.05, 0) is 57.1 Å². The van der Waals surface area contributed by atoms with Gasteiger partial charge >= 0.3 is 0 Å². The van der Waals surface area contributed by atoms with E-state index in [0.29, 0.717) is 5.41 Å². The van der Waals surface area contributed by atoms with Gasteiger partial charge in [-0.2, -0.15) is 0 Å². The van der Waals surface area contributed by atoms with Crippen LogP contribution in [0.4, 0.5) is 0 Å². The van der Waals surface area contributed by atoms with Crippen LogP contribution in [0.25, 0.3) is 6.08 Å². The van der Waals surface area contributed by atoms with Gasteiger partial charge in [-0.25, -0.2) is 0 Å². The molecule has 2 N–H and O–H groups in total. The van der Waals surface area contributed by atoms with E-state index in [9.17, 15) is 0 Å². The highest BCUT2D eigenvalue weighted by molar-refractivity contribution is 5.65. The third kappa shape index (κ3) is 7.75. The van der Waals surface area contributed by atoms with Crippen LogP contribution in [0.5, 0.6) is 0 Å².